The second-order valence-electron chi connectivity index (χ2n) is 6.61. The maximum Gasteiger partial charge on any atom is 0.433 e. The lowest BCUT2D eigenvalue weighted by Gasteiger charge is -2.13. The summed E-state index contributed by atoms with van der Waals surface area (Å²) < 4.78 is 5.92. The van der Waals surface area contributed by atoms with Crippen molar-refractivity contribution in [2.75, 3.05) is 5.32 Å². The third kappa shape index (κ3) is 4.38. The van der Waals surface area contributed by atoms with Gasteiger partial charge in [-0.25, -0.2) is 10.4 Å². The summed E-state index contributed by atoms with van der Waals surface area (Å²) in [5.41, 5.74) is 5.62. The van der Waals surface area contributed by atoms with Crippen LogP contribution >= 0.6 is 15.9 Å². The number of anilines is 2. The molecule has 2 aromatic heterocycles. The number of nitro groups is 1. The van der Waals surface area contributed by atoms with Crippen LogP contribution in [-0.2, 0) is 12.8 Å². The van der Waals surface area contributed by atoms with Crippen molar-refractivity contribution in [3.05, 3.63) is 79.6 Å². The molecule has 2 heterocycles. The van der Waals surface area contributed by atoms with Crippen molar-refractivity contribution in [1.29, 1.82) is 0 Å². The molecule has 0 spiro atoms. The predicted octanol–water partition coefficient (Wildman–Crippen LogP) is 4.34. The summed E-state index contributed by atoms with van der Waals surface area (Å²) in [4.78, 5) is 27.4. The van der Waals surface area contributed by atoms with E-state index in [-0.39, 0.29) is 5.76 Å². The molecule has 10 heteroatoms. The number of carbonyl (C=O) groups is 1. The first-order chi connectivity index (χ1) is 14.5. The molecule has 1 aromatic carbocycles. The van der Waals surface area contributed by atoms with Gasteiger partial charge < -0.3 is 9.73 Å². The van der Waals surface area contributed by atoms with E-state index in [2.05, 4.69) is 36.8 Å². The monoisotopic (exact) mass is 469 g/mol. The molecule has 152 valence electrons. The van der Waals surface area contributed by atoms with E-state index < -0.39 is 16.7 Å². The lowest BCUT2D eigenvalue weighted by atomic mass is 10.1. The Bertz CT molecular complexity index is 1140. The van der Waals surface area contributed by atoms with E-state index in [1.165, 1.54) is 18.3 Å². The SMILES string of the molecule is O=C(N/N=C/c1ccc([N+](=O)[O-])o1)c1cc2c(nc1Nc1ccc(Br)cc1)CCC2. The van der Waals surface area contributed by atoms with Crippen molar-refractivity contribution < 1.29 is 14.1 Å². The molecule has 9 nitrogen and oxygen atoms in total. The topological polar surface area (TPSA) is 123 Å². The molecule has 0 saturated carbocycles. The zero-order valence-corrected chi connectivity index (χ0v) is 17.2. The largest absolute Gasteiger partial charge is 0.433 e. The lowest BCUT2D eigenvalue weighted by Crippen LogP contribution is -2.20. The van der Waals surface area contributed by atoms with E-state index in [1.54, 1.807) is 0 Å². The van der Waals surface area contributed by atoms with E-state index >= 15 is 0 Å². The third-order valence-corrected chi connectivity index (χ3v) is 5.08. The fourth-order valence-corrected chi connectivity index (χ4v) is 3.40. The number of rotatable bonds is 6. The summed E-state index contributed by atoms with van der Waals surface area (Å²) in [7, 11) is 0. The molecule has 30 heavy (non-hydrogen) atoms. The van der Waals surface area contributed by atoms with Crippen molar-refractivity contribution in [1.82, 2.24) is 10.4 Å². The van der Waals surface area contributed by atoms with Crippen molar-refractivity contribution >= 4 is 45.4 Å². The first-order valence-corrected chi connectivity index (χ1v) is 9.92. The van der Waals surface area contributed by atoms with Crippen molar-refractivity contribution in [2.45, 2.75) is 19.3 Å². The van der Waals surface area contributed by atoms with Gasteiger partial charge in [0, 0.05) is 15.9 Å². The molecular weight excluding hydrogens is 454 g/mol. The molecule has 0 saturated heterocycles. The first kappa shape index (κ1) is 19.8. The van der Waals surface area contributed by atoms with Crippen LogP contribution in [0.4, 0.5) is 17.4 Å². The van der Waals surface area contributed by atoms with Crippen LogP contribution in [0.5, 0.6) is 0 Å². The Morgan fingerprint density at radius 1 is 1.23 bits per heavy atom. The zero-order valence-electron chi connectivity index (χ0n) is 15.6. The quantitative estimate of drug-likeness (QED) is 0.314. The van der Waals surface area contributed by atoms with Crippen LogP contribution in [-0.4, -0.2) is 22.0 Å². The van der Waals surface area contributed by atoms with Gasteiger partial charge in [-0.3, -0.25) is 14.9 Å². The Hall–Kier alpha value is -3.53. The van der Waals surface area contributed by atoms with Crippen LogP contribution in [0, 0.1) is 10.1 Å². The number of aryl methyl sites for hydroxylation is 2. The number of nitrogens with one attached hydrogen (secondary N) is 2. The van der Waals surface area contributed by atoms with Gasteiger partial charge in [0.05, 0.1) is 17.8 Å². The molecule has 3 aromatic rings. The average Bonchev–Trinajstić information content (AvgIpc) is 3.38. The minimum absolute atomic E-state index is 0.155. The number of carbonyl (C=O) groups excluding carboxylic acids is 1. The zero-order chi connectivity index (χ0) is 21.1. The highest BCUT2D eigenvalue weighted by molar-refractivity contribution is 9.10. The van der Waals surface area contributed by atoms with E-state index in [0.717, 1.165) is 40.7 Å². The molecule has 0 atom stereocenters. The molecule has 0 radical (unpaired) electrons. The van der Waals surface area contributed by atoms with Gasteiger partial charge in [-0.05, 0) is 61.2 Å². The van der Waals surface area contributed by atoms with E-state index in [4.69, 9.17) is 4.42 Å². The van der Waals surface area contributed by atoms with Crippen molar-refractivity contribution in [3.63, 3.8) is 0 Å². The number of nitrogens with zero attached hydrogens (tertiary/aromatic N) is 3. The summed E-state index contributed by atoms with van der Waals surface area (Å²) in [5.74, 6) is -0.248. The number of aromatic nitrogens is 1. The molecule has 1 aliphatic carbocycles. The normalized spacial score (nSPS) is 12.7. The number of benzene rings is 1. The number of hydrogen-bond acceptors (Lipinski definition) is 7. The predicted molar refractivity (Wildman–Crippen MR) is 114 cm³/mol. The Morgan fingerprint density at radius 2 is 2.03 bits per heavy atom. The van der Waals surface area contributed by atoms with Gasteiger partial charge in [0.25, 0.3) is 5.91 Å². The summed E-state index contributed by atoms with van der Waals surface area (Å²) in [6.07, 6.45) is 3.95. The summed E-state index contributed by atoms with van der Waals surface area (Å²) in [6, 6.07) is 12.0. The number of pyridine rings is 1. The summed E-state index contributed by atoms with van der Waals surface area (Å²) >= 11 is 3.40. The Labute approximate surface area is 179 Å². The van der Waals surface area contributed by atoms with Crippen LogP contribution in [0.15, 0.2) is 56.5 Å². The number of halogens is 1. The number of hydrazone groups is 1. The molecule has 0 unspecified atom stereocenters. The fraction of sp³-hybridized carbons (Fsp3) is 0.150. The Kier molecular flexibility index (Phi) is 5.57. The van der Waals surface area contributed by atoms with Crippen molar-refractivity contribution in [2.24, 2.45) is 5.10 Å². The van der Waals surface area contributed by atoms with Gasteiger partial charge in [0.1, 0.15) is 10.7 Å². The number of furan rings is 1. The highest BCUT2D eigenvalue weighted by Crippen LogP contribution is 2.28. The van der Waals surface area contributed by atoms with Gasteiger partial charge in [0.2, 0.25) is 0 Å². The number of fused-ring (bicyclic) bond motifs is 1. The van der Waals surface area contributed by atoms with Gasteiger partial charge in [-0.2, -0.15) is 5.10 Å². The van der Waals surface area contributed by atoms with Crippen LogP contribution in [0.1, 0.15) is 33.8 Å². The van der Waals surface area contributed by atoms with Gasteiger partial charge in [-0.1, -0.05) is 15.9 Å². The first-order valence-electron chi connectivity index (χ1n) is 9.12. The molecule has 4 rings (SSSR count). The Morgan fingerprint density at radius 3 is 2.77 bits per heavy atom. The summed E-state index contributed by atoms with van der Waals surface area (Å²) in [6.45, 7) is 0. The second-order valence-corrected chi connectivity index (χ2v) is 7.52. The molecular formula is C20H16BrN5O4. The van der Waals surface area contributed by atoms with Crippen molar-refractivity contribution in [3.8, 4) is 0 Å². The molecule has 0 bridgehead atoms. The van der Waals surface area contributed by atoms with Crippen LogP contribution in [0.2, 0.25) is 0 Å². The molecule has 1 amide bonds. The van der Waals surface area contributed by atoms with Crippen LogP contribution in [0.3, 0.4) is 0 Å². The average molecular weight is 470 g/mol. The standard InChI is InChI=1S/C20H16BrN5O4/c21-13-4-6-14(7-5-13)23-19-16(10-12-2-1-3-17(12)24-19)20(27)25-22-11-15-8-9-18(30-15)26(28)29/h4-11H,1-3H2,(H,23,24)(H,25,27)/b22-11+. The van der Waals surface area contributed by atoms with Crippen LogP contribution in [0.25, 0.3) is 0 Å². The smallest absolute Gasteiger partial charge is 0.400 e. The maximum atomic E-state index is 12.8. The third-order valence-electron chi connectivity index (χ3n) is 4.55. The second kappa shape index (κ2) is 8.46. The minimum Gasteiger partial charge on any atom is -0.400 e. The summed E-state index contributed by atoms with van der Waals surface area (Å²) in [5, 5.41) is 17.7. The Balaban J connectivity index is 1.55. The van der Waals surface area contributed by atoms with Gasteiger partial charge in [0.15, 0.2) is 5.76 Å². The van der Waals surface area contributed by atoms with E-state index in [9.17, 15) is 14.9 Å². The highest BCUT2D eigenvalue weighted by Gasteiger charge is 2.20. The molecule has 0 aliphatic heterocycles. The fourth-order valence-electron chi connectivity index (χ4n) is 3.13. The van der Waals surface area contributed by atoms with E-state index in [1.807, 2.05) is 30.3 Å². The molecule has 2 N–H and O–H groups in total. The van der Waals surface area contributed by atoms with Gasteiger partial charge >= 0.3 is 5.88 Å². The number of hydrogen-bond donors (Lipinski definition) is 2. The maximum absolute atomic E-state index is 12.8. The minimum atomic E-state index is -0.647. The molecule has 0 fully saturated rings. The van der Waals surface area contributed by atoms with E-state index in [0.29, 0.717) is 11.4 Å². The van der Waals surface area contributed by atoms with Gasteiger partial charge in [-0.15, -0.1) is 0 Å². The van der Waals surface area contributed by atoms with Crippen LogP contribution < -0.4 is 10.7 Å². The molecule has 1 aliphatic rings. The highest BCUT2D eigenvalue weighted by atomic mass is 79.9. The number of amides is 1. The lowest BCUT2D eigenvalue weighted by molar-refractivity contribution is -0.402.